The van der Waals surface area contributed by atoms with E-state index in [0.29, 0.717) is 24.3 Å². The Hall–Kier alpha value is -2.82. The van der Waals surface area contributed by atoms with Gasteiger partial charge in [0.05, 0.1) is 7.11 Å². The van der Waals surface area contributed by atoms with Crippen molar-refractivity contribution < 1.29 is 14.3 Å². The summed E-state index contributed by atoms with van der Waals surface area (Å²) in [5.74, 6) is 0.707. The van der Waals surface area contributed by atoms with Gasteiger partial charge in [-0.15, -0.1) is 0 Å². The van der Waals surface area contributed by atoms with Gasteiger partial charge in [-0.05, 0) is 42.7 Å². The van der Waals surface area contributed by atoms with Crippen molar-refractivity contribution >= 4 is 17.3 Å². The third-order valence-corrected chi connectivity index (χ3v) is 4.28. The average molecular weight is 324 g/mol. The Balaban J connectivity index is 1.69. The molecule has 5 heteroatoms. The molecule has 0 bridgehead atoms. The minimum Gasteiger partial charge on any atom is -0.497 e. The Bertz CT molecular complexity index is 787. The second-order valence-electron chi connectivity index (χ2n) is 5.82. The van der Waals surface area contributed by atoms with Crippen LogP contribution in [-0.2, 0) is 0 Å². The molecule has 1 aliphatic heterocycles. The van der Waals surface area contributed by atoms with E-state index in [1.54, 1.807) is 24.3 Å². The number of nitrogens with zero attached hydrogens (tertiary/aromatic N) is 1. The van der Waals surface area contributed by atoms with Gasteiger partial charge in [-0.3, -0.25) is 9.59 Å². The standard InChI is InChI=1S/C19H20N2O3/c1-13(22)16-11-18(20-12-16)19(23)21-9-7-15(8-10-21)14-3-5-17(24-2)6-4-14/h3-7,11-12,20H,8-10H2,1-2H3. The minimum atomic E-state index is -0.0764. The largest absolute Gasteiger partial charge is 0.497 e. The fourth-order valence-electron chi connectivity index (χ4n) is 2.81. The van der Waals surface area contributed by atoms with Crippen molar-refractivity contribution in [2.45, 2.75) is 13.3 Å². The van der Waals surface area contributed by atoms with E-state index < -0.39 is 0 Å². The molecule has 3 rings (SSSR count). The summed E-state index contributed by atoms with van der Waals surface area (Å²) in [6, 6.07) is 9.57. The lowest BCUT2D eigenvalue weighted by Crippen LogP contribution is -2.34. The second-order valence-corrected chi connectivity index (χ2v) is 5.82. The molecule has 0 unspecified atom stereocenters. The number of Topliss-reactive ketones (excluding diaryl/α,β-unsaturated/α-hetero) is 1. The summed E-state index contributed by atoms with van der Waals surface area (Å²) < 4.78 is 5.17. The maximum absolute atomic E-state index is 12.5. The first-order valence-electron chi connectivity index (χ1n) is 7.90. The zero-order valence-corrected chi connectivity index (χ0v) is 13.8. The predicted octanol–water partition coefficient (Wildman–Crippen LogP) is 3.16. The molecule has 1 aliphatic rings. The van der Waals surface area contributed by atoms with Crippen molar-refractivity contribution in [1.29, 1.82) is 0 Å². The molecule has 0 spiro atoms. The number of benzene rings is 1. The molecule has 0 saturated carbocycles. The topological polar surface area (TPSA) is 62.4 Å². The van der Waals surface area contributed by atoms with E-state index in [0.717, 1.165) is 17.7 Å². The first-order chi connectivity index (χ1) is 11.6. The Labute approximate surface area is 140 Å². The van der Waals surface area contributed by atoms with Crippen molar-refractivity contribution in [3.63, 3.8) is 0 Å². The van der Waals surface area contributed by atoms with Crippen molar-refractivity contribution in [1.82, 2.24) is 9.88 Å². The summed E-state index contributed by atoms with van der Waals surface area (Å²) >= 11 is 0. The molecule has 0 radical (unpaired) electrons. The molecule has 0 fully saturated rings. The van der Waals surface area contributed by atoms with Gasteiger partial charge < -0.3 is 14.6 Å². The molecule has 0 aliphatic carbocycles. The molecule has 0 atom stereocenters. The summed E-state index contributed by atoms with van der Waals surface area (Å²) in [5, 5.41) is 0. The maximum atomic E-state index is 12.5. The number of hydrogen-bond acceptors (Lipinski definition) is 3. The minimum absolute atomic E-state index is 0.0503. The summed E-state index contributed by atoms with van der Waals surface area (Å²) in [7, 11) is 1.65. The number of carbonyl (C=O) groups is 2. The fourth-order valence-corrected chi connectivity index (χ4v) is 2.81. The van der Waals surface area contributed by atoms with Crippen molar-refractivity contribution in [2.75, 3.05) is 20.2 Å². The summed E-state index contributed by atoms with van der Waals surface area (Å²) in [4.78, 5) is 28.5. The van der Waals surface area contributed by atoms with Crippen molar-refractivity contribution in [3.05, 3.63) is 59.4 Å². The average Bonchev–Trinajstić information content (AvgIpc) is 3.12. The van der Waals surface area contributed by atoms with Crippen LogP contribution in [0.5, 0.6) is 5.75 Å². The van der Waals surface area contributed by atoms with Gasteiger partial charge >= 0.3 is 0 Å². The number of H-pyrrole nitrogens is 1. The van der Waals surface area contributed by atoms with Gasteiger partial charge in [0, 0.05) is 24.8 Å². The van der Waals surface area contributed by atoms with Crippen molar-refractivity contribution in [3.8, 4) is 5.75 Å². The number of aromatic amines is 1. The highest BCUT2D eigenvalue weighted by atomic mass is 16.5. The summed E-state index contributed by atoms with van der Waals surface area (Å²) in [5.41, 5.74) is 3.38. The lowest BCUT2D eigenvalue weighted by atomic mass is 9.99. The molecule has 0 saturated heterocycles. The number of rotatable bonds is 4. The zero-order chi connectivity index (χ0) is 17.1. The van der Waals surface area contributed by atoms with E-state index in [1.165, 1.54) is 12.5 Å². The molecule has 1 N–H and O–H groups in total. The van der Waals surface area contributed by atoms with E-state index in [9.17, 15) is 9.59 Å². The molecular formula is C19H20N2O3. The Kier molecular flexibility index (Phi) is 4.51. The van der Waals surface area contributed by atoms with Gasteiger partial charge in [0.15, 0.2) is 5.78 Å². The van der Waals surface area contributed by atoms with Gasteiger partial charge in [-0.2, -0.15) is 0 Å². The number of methoxy groups -OCH3 is 1. The molecular weight excluding hydrogens is 304 g/mol. The SMILES string of the molecule is COc1ccc(C2=CCN(C(=O)c3cc(C(C)=O)c[nH]3)CC2)cc1. The van der Waals surface area contributed by atoms with Crippen LogP contribution in [0.2, 0.25) is 0 Å². The van der Waals surface area contributed by atoms with Gasteiger partial charge in [-0.25, -0.2) is 0 Å². The number of carbonyl (C=O) groups excluding carboxylic acids is 2. The first kappa shape index (κ1) is 16.1. The van der Waals surface area contributed by atoms with E-state index in [-0.39, 0.29) is 11.7 Å². The van der Waals surface area contributed by atoms with Crippen LogP contribution < -0.4 is 4.74 Å². The lowest BCUT2D eigenvalue weighted by molar-refractivity contribution is 0.0767. The third-order valence-electron chi connectivity index (χ3n) is 4.28. The van der Waals surface area contributed by atoms with Crippen LogP contribution in [0.4, 0.5) is 0 Å². The summed E-state index contributed by atoms with van der Waals surface area (Å²) in [6.07, 6.45) is 4.47. The molecule has 2 heterocycles. The summed E-state index contributed by atoms with van der Waals surface area (Å²) in [6.45, 7) is 2.71. The van der Waals surface area contributed by atoms with E-state index >= 15 is 0 Å². The van der Waals surface area contributed by atoms with E-state index in [1.807, 2.05) is 24.3 Å². The number of aromatic nitrogens is 1. The molecule has 1 aromatic carbocycles. The highest BCUT2D eigenvalue weighted by molar-refractivity contribution is 5.99. The highest BCUT2D eigenvalue weighted by Crippen LogP contribution is 2.25. The smallest absolute Gasteiger partial charge is 0.270 e. The fraction of sp³-hybridized carbons (Fsp3) is 0.263. The molecule has 1 aromatic heterocycles. The van der Waals surface area contributed by atoms with E-state index in [4.69, 9.17) is 4.74 Å². The van der Waals surface area contributed by atoms with Gasteiger partial charge in [-0.1, -0.05) is 18.2 Å². The van der Waals surface area contributed by atoms with Crippen molar-refractivity contribution in [2.24, 2.45) is 0 Å². The van der Waals surface area contributed by atoms with Crippen LogP contribution in [-0.4, -0.2) is 41.8 Å². The third kappa shape index (κ3) is 3.25. The number of ether oxygens (including phenoxy) is 1. The Morgan fingerprint density at radius 1 is 1.21 bits per heavy atom. The van der Waals surface area contributed by atoms with Crippen LogP contribution >= 0.6 is 0 Å². The van der Waals surface area contributed by atoms with Crippen LogP contribution in [0.25, 0.3) is 5.57 Å². The molecule has 124 valence electrons. The van der Waals surface area contributed by atoms with Gasteiger partial charge in [0.1, 0.15) is 11.4 Å². The first-order valence-corrected chi connectivity index (χ1v) is 7.90. The van der Waals surface area contributed by atoms with Gasteiger partial charge in [0.25, 0.3) is 5.91 Å². The quantitative estimate of drug-likeness (QED) is 0.879. The number of nitrogens with one attached hydrogen (secondary N) is 1. The Morgan fingerprint density at radius 3 is 2.50 bits per heavy atom. The predicted molar refractivity (Wildman–Crippen MR) is 92.3 cm³/mol. The lowest BCUT2D eigenvalue weighted by Gasteiger charge is -2.26. The molecule has 1 amide bonds. The van der Waals surface area contributed by atoms with Crippen LogP contribution in [0.1, 0.15) is 39.8 Å². The Morgan fingerprint density at radius 2 is 1.96 bits per heavy atom. The van der Waals surface area contributed by atoms with Crippen LogP contribution in [0, 0.1) is 0 Å². The maximum Gasteiger partial charge on any atom is 0.270 e. The normalized spacial score (nSPS) is 14.2. The zero-order valence-electron chi connectivity index (χ0n) is 13.8. The highest BCUT2D eigenvalue weighted by Gasteiger charge is 2.21. The number of ketones is 1. The second kappa shape index (κ2) is 6.74. The van der Waals surface area contributed by atoms with Crippen LogP contribution in [0.15, 0.2) is 42.6 Å². The van der Waals surface area contributed by atoms with E-state index in [2.05, 4.69) is 11.1 Å². The van der Waals surface area contributed by atoms with Crippen LogP contribution in [0.3, 0.4) is 0 Å². The van der Waals surface area contributed by atoms with Gasteiger partial charge in [0.2, 0.25) is 0 Å². The monoisotopic (exact) mass is 324 g/mol. The number of amides is 1. The molecule has 24 heavy (non-hydrogen) atoms. The number of hydrogen-bond donors (Lipinski definition) is 1. The molecule has 2 aromatic rings. The molecule has 5 nitrogen and oxygen atoms in total.